The van der Waals surface area contributed by atoms with Crippen LogP contribution >= 0.6 is 27.5 Å². The fourth-order valence-electron chi connectivity index (χ4n) is 0.908. The molecular weight excluding hydrogens is 262 g/mol. The summed E-state index contributed by atoms with van der Waals surface area (Å²) in [5.41, 5.74) is 0.327. The largest absolute Gasteiger partial charge is 0.478 e. The van der Waals surface area contributed by atoms with E-state index in [-0.39, 0.29) is 15.1 Å². The molecule has 2 nitrogen and oxygen atoms in total. The quantitative estimate of drug-likeness (QED) is 0.793. The maximum absolute atomic E-state index is 13.0. The molecule has 0 aliphatic heterocycles. The van der Waals surface area contributed by atoms with Gasteiger partial charge in [0.2, 0.25) is 0 Å². The van der Waals surface area contributed by atoms with Crippen molar-refractivity contribution < 1.29 is 14.3 Å². The van der Waals surface area contributed by atoms with Gasteiger partial charge >= 0.3 is 5.97 Å². The van der Waals surface area contributed by atoms with Gasteiger partial charge in [-0.1, -0.05) is 11.6 Å². The van der Waals surface area contributed by atoms with E-state index in [1.807, 2.05) is 0 Å². The van der Waals surface area contributed by atoms with Crippen molar-refractivity contribution in [1.29, 1.82) is 0 Å². The topological polar surface area (TPSA) is 37.3 Å². The third kappa shape index (κ3) is 1.84. The second-order valence-electron chi connectivity index (χ2n) is 2.46. The van der Waals surface area contributed by atoms with Crippen molar-refractivity contribution in [2.24, 2.45) is 0 Å². The normalized spacial score (nSPS) is 10.2. The molecule has 1 rings (SSSR count). The van der Waals surface area contributed by atoms with Crippen LogP contribution in [-0.2, 0) is 0 Å². The molecule has 70 valence electrons. The second-order valence-corrected chi connectivity index (χ2v) is 3.64. The van der Waals surface area contributed by atoms with Crippen LogP contribution in [0.3, 0.4) is 0 Å². The molecule has 0 aliphatic carbocycles. The molecule has 0 fully saturated rings. The van der Waals surface area contributed by atoms with E-state index in [1.54, 1.807) is 6.92 Å². The minimum absolute atomic E-state index is 0.0891. The molecule has 1 aromatic rings. The van der Waals surface area contributed by atoms with Gasteiger partial charge in [0.25, 0.3) is 0 Å². The van der Waals surface area contributed by atoms with Crippen LogP contribution in [0.5, 0.6) is 0 Å². The molecule has 0 heterocycles. The van der Waals surface area contributed by atoms with Crippen molar-refractivity contribution in [1.82, 2.24) is 0 Å². The summed E-state index contributed by atoms with van der Waals surface area (Å²) in [6.07, 6.45) is 0. The van der Waals surface area contributed by atoms with E-state index in [9.17, 15) is 9.18 Å². The molecular formula is C8H5BrClFO2. The van der Waals surface area contributed by atoms with Gasteiger partial charge in [0, 0.05) is 4.47 Å². The van der Waals surface area contributed by atoms with Gasteiger partial charge < -0.3 is 5.11 Å². The highest BCUT2D eigenvalue weighted by Crippen LogP contribution is 2.31. The summed E-state index contributed by atoms with van der Waals surface area (Å²) in [6.45, 7) is 1.55. The van der Waals surface area contributed by atoms with E-state index < -0.39 is 11.8 Å². The lowest BCUT2D eigenvalue weighted by molar-refractivity contribution is 0.0695. The van der Waals surface area contributed by atoms with Crippen LogP contribution in [0, 0.1) is 12.7 Å². The number of hydrogen-bond donors (Lipinski definition) is 1. The van der Waals surface area contributed by atoms with E-state index in [2.05, 4.69) is 15.9 Å². The molecule has 0 unspecified atom stereocenters. The van der Waals surface area contributed by atoms with Crippen molar-refractivity contribution >= 4 is 33.5 Å². The number of carbonyl (C=O) groups is 1. The summed E-state index contributed by atoms with van der Waals surface area (Å²) in [4.78, 5) is 10.6. The molecule has 0 bridgehead atoms. The fraction of sp³-hybridized carbons (Fsp3) is 0.125. The van der Waals surface area contributed by atoms with Gasteiger partial charge in [0.15, 0.2) is 0 Å². The van der Waals surface area contributed by atoms with Crippen LogP contribution in [0.2, 0.25) is 5.02 Å². The summed E-state index contributed by atoms with van der Waals surface area (Å²) in [5, 5.41) is 8.58. The summed E-state index contributed by atoms with van der Waals surface area (Å²) < 4.78 is 13.2. The number of hydrogen-bond acceptors (Lipinski definition) is 1. The standard InChI is InChI=1S/C8H5BrClFO2/c1-3-4(8(12)13)2-5(11)7(10)6(3)9/h2H,1H3,(H,12,13). The number of benzene rings is 1. The van der Waals surface area contributed by atoms with Gasteiger partial charge in [-0.15, -0.1) is 0 Å². The van der Waals surface area contributed by atoms with Crippen LogP contribution in [0.25, 0.3) is 0 Å². The Labute approximate surface area is 87.5 Å². The molecule has 0 spiro atoms. The van der Waals surface area contributed by atoms with Gasteiger partial charge in [-0.25, -0.2) is 9.18 Å². The molecule has 0 saturated heterocycles. The maximum Gasteiger partial charge on any atom is 0.336 e. The second kappa shape index (κ2) is 3.64. The molecule has 5 heteroatoms. The van der Waals surface area contributed by atoms with E-state index in [0.717, 1.165) is 6.07 Å². The van der Waals surface area contributed by atoms with Crippen LogP contribution in [0.1, 0.15) is 15.9 Å². The third-order valence-electron chi connectivity index (χ3n) is 1.64. The molecule has 0 amide bonds. The molecule has 1 aromatic carbocycles. The fourth-order valence-corrected chi connectivity index (χ4v) is 1.51. The Morgan fingerprint density at radius 1 is 1.69 bits per heavy atom. The molecule has 13 heavy (non-hydrogen) atoms. The lowest BCUT2D eigenvalue weighted by atomic mass is 10.1. The van der Waals surface area contributed by atoms with Crippen LogP contribution in [0.15, 0.2) is 10.5 Å². The minimum Gasteiger partial charge on any atom is -0.478 e. The SMILES string of the molecule is Cc1c(C(=O)O)cc(F)c(Cl)c1Br. The molecule has 0 saturated carbocycles. The molecule has 0 aliphatic rings. The number of carboxylic acid groups (broad SMARTS) is 1. The maximum atomic E-state index is 13.0. The van der Waals surface area contributed by atoms with Crippen molar-refractivity contribution in [3.63, 3.8) is 0 Å². The number of aromatic carboxylic acids is 1. The summed E-state index contributed by atoms with van der Waals surface area (Å²) >= 11 is 8.56. The summed E-state index contributed by atoms with van der Waals surface area (Å²) in [5.74, 6) is -1.91. The number of halogens is 3. The van der Waals surface area contributed by atoms with Gasteiger partial charge in [-0.05, 0) is 34.5 Å². The van der Waals surface area contributed by atoms with E-state index >= 15 is 0 Å². The van der Waals surface area contributed by atoms with Crippen molar-refractivity contribution in [3.8, 4) is 0 Å². The average Bonchev–Trinajstić information content (AvgIpc) is 2.07. The molecule has 1 N–H and O–H groups in total. The first-order valence-corrected chi connectivity index (χ1v) is 4.49. The first-order chi connectivity index (χ1) is 5.95. The highest BCUT2D eigenvalue weighted by Gasteiger charge is 2.16. The van der Waals surface area contributed by atoms with Crippen molar-refractivity contribution in [2.45, 2.75) is 6.92 Å². The zero-order chi connectivity index (χ0) is 10.2. The van der Waals surface area contributed by atoms with E-state index in [0.29, 0.717) is 5.56 Å². The number of carboxylic acids is 1. The molecule has 0 radical (unpaired) electrons. The van der Waals surface area contributed by atoms with Crippen LogP contribution in [-0.4, -0.2) is 11.1 Å². The summed E-state index contributed by atoms with van der Waals surface area (Å²) in [6, 6.07) is 0.907. The predicted octanol–water partition coefficient (Wildman–Crippen LogP) is 3.25. The van der Waals surface area contributed by atoms with E-state index in [1.165, 1.54) is 0 Å². The minimum atomic E-state index is -1.17. The van der Waals surface area contributed by atoms with Gasteiger partial charge in [0.1, 0.15) is 5.82 Å². The summed E-state index contributed by atoms with van der Waals surface area (Å²) in [7, 11) is 0. The highest BCUT2D eigenvalue weighted by molar-refractivity contribution is 9.10. The lowest BCUT2D eigenvalue weighted by Gasteiger charge is -2.05. The van der Waals surface area contributed by atoms with E-state index in [4.69, 9.17) is 16.7 Å². The van der Waals surface area contributed by atoms with Crippen LogP contribution in [0.4, 0.5) is 4.39 Å². The zero-order valence-electron chi connectivity index (χ0n) is 6.57. The Bertz CT molecular complexity index is 379. The Kier molecular flexibility index (Phi) is 2.93. The first-order valence-electron chi connectivity index (χ1n) is 3.32. The zero-order valence-corrected chi connectivity index (χ0v) is 8.91. The molecule has 0 aromatic heterocycles. The average molecular weight is 267 g/mol. The Balaban J connectivity index is 3.50. The van der Waals surface area contributed by atoms with Gasteiger partial charge in [0.05, 0.1) is 10.6 Å². The first kappa shape index (κ1) is 10.5. The highest BCUT2D eigenvalue weighted by atomic mass is 79.9. The Hall–Kier alpha value is -0.610. The molecule has 0 atom stereocenters. The van der Waals surface area contributed by atoms with Gasteiger partial charge in [-0.2, -0.15) is 0 Å². The van der Waals surface area contributed by atoms with Gasteiger partial charge in [-0.3, -0.25) is 0 Å². The van der Waals surface area contributed by atoms with Crippen molar-refractivity contribution in [2.75, 3.05) is 0 Å². The predicted molar refractivity (Wildman–Crippen MR) is 50.8 cm³/mol. The lowest BCUT2D eigenvalue weighted by Crippen LogP contribution is -2.01. The van der Waals surface area contributed by atoms with Crippen LogP contribution < -0.4 is 0 Å². The Morgan fingerprint density at radius 3 is 2.69 bits per heavy atom. The van der Waals surface area contributed by atoms with Crippen molar-refractivity contribution in [3.05, 3.63) is 32.5 Å². The Morgan fingerprint density at radius 2 is 2.23 bits per heavy atom. The third-order valence-corrected chi connectivity index (χ3v) is 3.23. The number of rotatable bonds is 1. The smallest absolute Gasteiger partial charge is 0.336 e. The monoisotopic (exact) mass is 266 g/mol.